The number of aromatic nitrogens is 1. The van der Waals surface area contributed by atoms with E-state index in [9.17, 15) is 4.79 Å². The minimum Gasteiger partial charge on any atom is -0.493 e. The first kappa shape index (κ1) is 35.5. The molecule has 2 saturated heterocycles. The van der Waals surface area contributed by atoms with Crippen molar-refractivity contribution in [3.05, 3.63) is 45.9 Å². The fourth-order valence-electron chi connectivity index (χ4n) is 4.85. The first-order chi connectivity index (χ1) is 18.8. The molecule has 222 valence electrons. The van der Waals surface area contributed by atoms with Crippen LogP contribution in [-0.2, 0) is 4.79 Å². The van der Waals surface area contributed by atoms with Crippen LogP contribution in [-0.4, -0.2) is 73.2 Å². The molecular weight excluding hydrogens is 574 g/mol. The number of ether oxygens (including phenoxy) is 1. The summed E-state index contributed by atoms with van der Waals surface area (Å²) in [5.74, 6) is 2.64. The van der Waals surface area contributed by atoms with Crippen molar-refractivity contribution in [2.24, 2.45) is 5.92 Å². The number of aryl methyl sites for hydroxylation is 2. The Kier molecular flexibility index (Phi) is 19.4. The van der Waals surface area contributed by atoms with Crippen molar-refractivity contribution < 1.29 is 19.5 Å². The molecule has 39 heavy (non-hydrogen) atoms. The second-order valence-corrected chi connectivity index (χ2v) is 11.6. The standard InChI is InChI=1S/C17H28N2O.C7H8O2S.C6H13N.CH3Br/c1-4-16-6-9-19(10-7-16)8-5-11-20-17-12-14(2)18-15(3)13-17;1-5(7(8)9)6-3-2-4-10-6;1-7-5-3-2-4-6-7;1-2/h12-13,16H,4-11H2,1-3H3;2-5H,1H3,(H,8,9);2-6H2,1H3;1H3/p+1. The molecular formula is C31H53BrN3O3S+. The van der Waals surface area contributed by atoms with E-state index in [1.807, 2.05) is 49.3 Å². The lowest BCUT2D eigenvalue weighted by Gasteiger charge is -2.28. The highest BCUT2D eigenvalue weighted by molar-refractivity contribution is 9.08. The average molecular weight is 628 g/mol. The van der Waals surface area contributed by atoms with E-state index < -0.39 is 5.97 Å². The zero-order valence-electron chi connectivity index (χ0n) is 25.2. The second-order valence-electron chi connectivity index (χ2n) is 10.6. The van der Waals surface area contributed by atoms with E-state index >= 15 is 0 Å². The number of halogens is 1. The number of rotatable bonds is 8. The van der Waals surface area contributed by atoms with E-state index in [0.717, 1.165) is 41.0 Å². The van der Waals surface area contributed by atoms with Crippen LogP contribution in [0.25, 0.3) is 0 Å². The van der Waals surface area contributed by atoms with Crippen LogP contribution in [0, 0.1) is 19.8 Å². The molecule has 0 radical (unpaired) electrons. The molecule has 6 nitrogen and oxygen atoms in total. The van der Waals surface area contributed by atoms with Crippen LogP contribution in [0.3, 0.4) is 0 Å². The van der Waals surface area contributed by atoms with E-state index in [1.54, 1.807) is 11.8 Å². The average Bonchev–Trinajstić information content (AvgIpc) is 3.48. The number of pyridine rings is 1. The van der Waals surface area contributed by atoms with Gasteiger partial charge in [0.2, 0.25) is 0 Å². The van der Waals surface area contributed by atoms with Gasteiger partial charge < -0.3 is 19.6 Å². The zero-order chi connectivity index (χ0) is 29.0. The molecule has 0 saturated carbocycles. The zero-order valence-corrected chi connectivity index (χ0v) is 27.6. The minimum absolute atomic E-state index is 0.361. The molecule has 2 N–H and O–H groups in total. The third kappa shape index (κ3) is 15.8. The molecule has 0 amide bonds. The smallest absolute Gasteiger partial charge is 0.311 e. The number of nitrogens with one attached hydrogen (secondary N) is 1. The number of aliphatic carboxylic acids is 1. The van der Waals surface area contributed by atoms with Crippen LogP contribution in [0.5, 0.6) is 5.75 Å². The Bertz CT molecular complexity index is 863. The van der Waals surface area contributed by atoms with Crippen molar-refractivity contribution in [2.45, 2.75) is 78.6 Å². The Balaban J connectivity index is 0.000000331. The van der Waals surface area contributed by atoms with Gasteiger partial charge in [-0.25, -0.2) is 0 Å². The number of nitrogens with zero attached hydrogens (tertiary/aromatic N) is 2. The summed E-state index contributed by atoms with van der Waals surface area (Å²) in [6.45, 7) is 15.5. The van der Waals surface area contributed by atoms with Gasteiger partial charge in [-0.3, -0.25) is 9.78 Å². The number of piperidine rings is 2. The number of likely N-dealkylation sites (tertiary alicyclic amines) is 2. The van der Waals surface area contributed by atoms with E-state index in [4.69, 9.17) is 9.84 Å². The Morgan fingerprint density at radius 1 is 1.18 bits per heavy atom. The molecule has 4 rings (SSSR count). The maximum absolute atomic E-state index is 10.4. The van der Waals surface area contributed by atoms with Crippen molar-refractivity contribution in [2.75, 3.05) is 52.2 Å². The van der Waals surface area contributed by atoms with Gasteiger partial charge in [-0.2, -0.15) is 0 Å². The van der Waals surface area contributed by atoms with Gasteiger partial charge >= 0.3 is 5.97 Å². The summed E-state index contributed by atoms with van der Waals surface area (Å²) >= 11 is 4.42. The Morgan fingerprint density at radius 2 is 1.79 bits per heavy atom. The summed E-state index contributed by atoms with van der Waals surface area (Å²) in [6, 6.07) is 7.74. The molecule has 2 aromatic heterocycles. The molecule has 4 heterocycles. The Labute approximate surface area is 250 Å². The highest BCUT2D eigenvalue weighted by atomic mass is 79.9. The molecule has 0 aliphatic carbocycles. The van der Waals surface area contributed by atoms with Gasteiger partial charge in [-0.05, 0) is 89.8 Å². The highest BCUT2D eigenvalue weighted by Gasteiger charge is 2.20. The van der Waals surface area contributed by atoms with Crippen molar-refractivity contribution in [3.8, 4) is 5.75 Å². The van der Waals surface area contributed by atoms with Crippen LogP contribution in [0.15, 0.2) is 29.6 Å². The monoisotopic (exact) mass is 626 g/mol. The van der Waals surface area contributed by atoms with Gasteiger partial charge in [-0.1, -0.05) is 41.8 Å². The van der Waals surface area contributed by atoms with Crippen molar-refractivity contribution in [1.82, 2.24) is 9.88 Å². The third-order valence-corrected chi connectivity index (χ3v) is 8.36. The topological polar surface area (TPSA) is 67.1 Å². The molecule has 2 fully saturated rings. The maximum atomic E-state index is 10.4. The van der Waals surface area contributed by atoms with Gasteiger partial charge in [0.05, 0.1) is 32.2 Å². The number of hydrogen-bond acceptors (Lipinski definition) is 5. The van der Waals surface area contributed by atoms with E-state index in [-0.39, 0.29) is 5.92 Å². The molecule has 0 spiro atoms. The molecule has 2 aromatic rings. The summed E-state index contributed by atoms with van der Waals surface area (Å²) in [5, 5.41) is 10.4. The lowest BCUT2D eigenvalue weighted by atomic mass is 9.94. The quantitative estimate of drug-likeness (QED) is 0.269. The molecule has 2 aliphatic rings. The summed E-state index contributed by atoms with van der Waals surface area (Å²) in [5.41, 5.74) is 2.07. The van der Waals surface area contributed by atoms with Gasteiger partial charge in [0.15, 0.2) is 0 Å². The van der Waals surface area contributed by atoms with Crippen LogP contribution < -0.4 is 9.64 Å². The lowest BCUT2D eigenvalue weighted by molar-refractivity contribution is -0.906. The molecule has 0 aromatic carbocycles. The van der Waals surface area contributed by atoms with Gasteiger partial charge in [-0.15, -0.1) is 11.3 Å². The molecule has 1 atom stereocenters. The summed E-state index contributed by atoms with van der Waals surface area (Å²) < 4.78 is 5.85. The third-order valence-electron chi connectivity index (χ3n) is 7.31. The maximum Gasteiger partial charge on any atom is 0.311 e. The lowest BCUT2D eigenvalue weighted by Crippen LogP contribution is -3.13. The number of hydrogen-bond donors (Lipinski definition) is 2. The van der Waals surface area contributed by atoms with E-state index in [0.29, 0.717) is 0 Å². The molecule has 2 aliphatic heterocycles. The Morgan fingerprint density at radius 3 is 2.26 bits per heavy atom. The van der Waals surface area contributed by atoms with E-state index in [2.05, 4.69) is 39.8 Å². The fraction of sp³-hybridized carbons (Fsp3) is 0.677. The SMILES string of the molecule is CBr.CC(C(=O)O)c1cccs1.CCC1CC[NH+](CCCOc2cc(C)nc(C)c2)CC1.CN1CCCCC1. The van der Waals surface area contributed by atoms with Crippen LogP contribution in [0.2, 0.25) is 0 Å². The summed E-state index contributed by atoms with van der Waals surface area (Å²) in [7, 11) is 2.19. The minimum atomic E-state index is -0.762. The number of quaternary nitrogens is 1. The van der Waals surface area contributed by atoms with Gasteiger partial charge in [0, 0.05) is 34.8 Å². The Hall–Kier alpha value is -1.48. The normalized spacial score (nSPS) is 19.7. The number of carboxylic acid groups (broad SMARTS) is 1. The van der Waals surface area contributed by atoms with E-state index in [1.165, 1.54) is 82.6 Å². The van der Waals surface area contributed by atoms with Crippen LogP contribution in [0.1, 0.15) is 81.0 Å². The predicted molar refractivity (Wildman–Crippen MR) is 169 cm³/mol. The first-order valence-electron chi connectivity index (χ1n) is 14.5. The van der Waals surface area contributed by atoms with Gasteiger partial charge in [0.1, 0.15) is 5.75 Å². The van der Waals surface area contributed by atoms with Crippen molar-refractivity contribution in [3.63, 3.8) is 0 Å². The van der Waals surface area contributed by atoms with Crippen molar-refractivity contribution in [1.29, 1.82) is 0 Å². The first-order valence-corrected chi connectivity index (χ1v) is 17.0. The fourth-order valence-corrected chi connectivity index (χ4v) is 5.62. The second kappa shape index (κ2) is 21.3. The summed E-state index contributed by atoms with van der Waals surface area (Å²) in [4.78, 5) is 19.8. The van der Waals surface area contributed by atoms with Gasteiger partial charge in [0.25, 0.3) is 0 Å². The highest BCUT2D eigenvalue weighted by Crippen LogP contribution is 2.20. The predicted octanol–water partition coefficient (Wildman–Crippen LogP) is 6.22. The molecule has 8 heteroatoms. The largest absolute Gasteiger partial charge is 0.493 e. The number of carbonyl (C=O) groups is 1. The molecule has 0 bridgehead atoms. The van der Waals surface area contributed by atoms with Crippen molar-refractivity contribution >= 4 is 33.2 Å². The number of thiophene rings is 1. The summed E-state index contributed by atoms with van der Waals surface area (Å²) in [6.07, 6.45) is 9.60. The molecule has 1 unspecified atom stereocenters. The van der Waals surface area contributed by atoms with Crippen LogP contribution >= 0.6 is 27.3 Å². The number of carboxylic acids is 1. The number of alkyl halides is 1. The van der Waals surface area contributed by atoms with Crippen LogP contribution in [0.4, 0.5) is 0 Å².